The molecule has 0 N–H and O–H groups in total. The lowest BCUT2D eigenvalue weighted by Gasteiger charge is -2.13. The van der Waals surface area contributed by atoms with E-state index >= 15 is 0 Å². The van der Waals surface area contributed by atoms with Gasteiger partial charge in [0.15, 0.2) is 0 Å². The van der Waals surface area contributed by atoms with Crippen molar-refractivity contribution in [2.24, 2.45) is 10.9 Å². The number of nitrogens with zero attached hydrogens (tertiary/aromatic N) is 1. The number of hydrogen-bond donors (Lipinski definition) is 0. The molecule has 1 aromatic rings. The molecule has 1 aliphatic rings. The number of halogens is 3. The number of alkyl halides is 3. The van der Waals surface area contributed by atoms with E-state index < -0.39 is 12.3 Å². The van der Waals surface area contributed by atoms with Crippen LogP contribution < -0.4 is 4.74 Å². The van der Waals surface area contributed by atoms with Gasteiger partial charge in [0, 0.05) is 18.7 Å². The van der Waals surface area contributed by atoms with E-state index in [2.05, 4.69) is 9.73 Å². The Balaban J connectivity index is 2.33. The Labute approximate surface area is 114 Å². The van der Waals surface area contributed by atoms with Gasteiger partial charge in [0.25, 0.3) is 0 Å². The first-order valence-electron chi connectivity index (χ1n) is 6.17. The Hall–Kier alpha value is -1.85. The van der Waals surface area contributed by atoms with Crippen LogP contribution in [0.15, 0.2) is 29.3 Å². The fourth-order valence-corrected chi connectivity index (χ4v) is 2.45. The fourth-order valence-electron chi connectivity index (χ4n) is 2.45. The van der Waals surface area contributed by atoms with Gasteiger partial charge >= 0.3 is 6.36 Å². The number of carbonyl (C=O) groups excluding carboxylic acids is 1. The highest BCUT2D eigenvalue weighted by Crippen LogP contribution is 2.35. The fraction of sp³-hybridized carbons (Fsp3) is 0.429. The van der Waals surface area contributed by atoms with Crippen molar-refractivity contribution in [3.8, 4) is 5.75 Å². The van der Waals surface area contributed by atoms with E-state index in [0.29, 0.717) is 17.7 Å². The van der Waals surface area contributed by atoms with Crippen molar-refractivity contribution < 1.29 is 22.7 Å². The molecule has 3 nitrogen and oxygen atoms in total. The van der Waals surface area contributed by atoms with Crippen LogP contribution in [0.3, 0.4) is 0 Å². The van der Waals surface area contributed by atoms with E-state index in [-0.39, 0.29) is 17.5 Å². The Morgan fingerprint density at radius 1 is 1.35 bits per heavy atom. The second-order valence-electron chi connectivity index (χ2n) is 4.78. The number of aliphatic imine (C=N–C) groups is 1. The normalized spacial score (nSPS) is 25.2. The molecule has 1 aromatic carbocycles. The van der Waals surface area contributed by atoms with Gasteiger partial charge in [-0.25, -0.2) is 0 Å². The molecule has 0 aromatic heterocycles. The molecule has 0 heterocycles. The van der Waals surface area contributed by atoms with Gasteiger partial charge in [0.1, 0.15) is 11.5 Å². The van der Waals surface area contributed by atoms with Crippen LogP contribution in [-0.2, 0) is 4.79 Å². The largest absolute Gasteiger partial charge is 0.573 e. The second-order valence-corrected chi connectivity index (χ2v) is 4.78. The zero-order valence-electron chi connectivity index (χ0n) is 11.1. The van der Waals surface area contributed by atoms with Crippen molar-refractivity contribution in [3.05, 3.63) is 29.8 Å². The summed E-state index contributed by atoms with van der Waals surface area (Å²) in [5.41, 5.74) is 1.19. The number of benzene rings is 1. The molecule has 0 radical (unpaired) electrons. The number of ketones is 1. The predicted molar refractivity (Wildman–Crippen MR) is 68.0 cm³/mol. The maximum atomic E-state index is 12.2. The molecule has 0 saturated heterocycles. The number of hydrogen-bond acceptors (Lipinski definition) is 3. The summed E-state index contributed by atoms with van der Waals surface area (Å²) in [6.45, 7) is 1.80. The number of rotatable bonds is 2. The van der Waals surface area contributed by atoms with Crippen molar-refractivity contribution in [1.29, 1.82) is 0 Å². The van der Waals surface area contributed by atoms with Crippen molar-refractivity contribution in [3.63, 3.8) is 0 Å². The van der Waals surface area contributed by atoms with Gasteiger partial charge in [0.05, 0.1) is 5.92 Å². The summed E-state index contributed by atoms with van der Waals surface area (Å²) < 4.78 is 40.5. The molecule has 2 unspecified atom stereocenters. The van der Waals surface area contributed by atoms with Crippen LogP contribution in [0.25, 0.3) is 0 Å². The Morgan fingerprint density at radius 2 is 2.05 bits per heavy atom. The molecule has 20 heavy (non-hydrogen) atoms. The summed E-state index contributed by atoms with van der Waals surface area (Å²) in [6.07, 6.45) is -4.20. The first-order chi connectivity index (χ1) is 9.31. The van der Waals surface area contributed by atoms with Crippen LogP contribution in [0.1, 0.15) is 24.8 Å². The third kappa shape index (κ3) is 3.00. The van der Waals surface area contributed by atoms with E-state index in [0.717, 1.165) is 0 Å². The summed E-state index contributed by atoms with van der Waals surface area (Å²) in [5, 5.41) is 0. The zero-order chi connectivity index (χ0) is 14.9. The smallest absolute Gasteiger partial charge is 0.406 e. The number of ether oxygens (including phenoxy) is 1. The summed E-state index contributed by atoms with van der Waals surface area (Å²) in [5.74, 6) is -1.06. The van der Waals surface area contributed by atoms with E-state index in [9.17, 15) is 18.0 Å². The molecule has 1 saturated carbocycles. The van der Waals surface area contributed by atoms with Crippen molar-refractivity contribution in [1.82, 2.24) is 0 Å². The topological polar surface area (TPSA) is 38.7 Å². The van der Waals surface area contributed by atoms with Gasteiger partial charge in [0.2, 0.25) is 0 Å². The molecule has 2 rings (SSSR count). The van der Waals surface area contributed by atoms with Gasteiger partial charge < -0.3 is 4.74 Å². The summed E-state index contributed by atoms with van der Waals surface area (Å²) in [4.78, 5) is 16.2. The minimum atomic E-state index is -4.74. The standard InChI is InChI=1S/C14H14F3NO2/c1-8-6-11(18-2)12(13(8)19)9-4-3-5-10(7-9)20-14(15,16)17/h3-5,7-8,12H,6H2,1-2H3. The molecule has 108 valence electrons. The van der Waals surface area contributed by atoms with Gasteiger partial charge in [-0.1, -0.05) is 19.1 Å². The molecule has 6 heteroatoms. The first-order valence-corrected chi connectivity index (χ1v) is 6.17. The summed E-state index contributed by atoms with van der Waals surface area (Å²) >= 11 is 0. The van der Waals surface area contributed by atoms with Gasteiger partial charge in [-0.2, -0.15) is 0 Å². The Kier molecular flexibility index (Phi) is 3.83. The first kappa shape index (κ1) is 14.6. The van der Waals surface area contributed by atoms with Gasteiger partial charge in [-0.05, 0) is 24.1 Å². The maximum Gasteiger partial charge on any atom is 0.573 e. The Bertz CT molecular complexity index is 552. The summed E-state index contributed by atoms with van der Waals surface area (Å²) in [7, 11) is 1.59. The van der Waals surface area contributed by atoms with Gasteiger partial charge in [-0.3, -0.25) is 9.79 Å². The highest BCUT2D eigenvalue weighted by molar-refractivity contribution is 6.16. The van der Waals surface area contributed by atoms with E-state index in [1.54, 1.807) is 20.0 Å². The van der Waals surface area contributed by atoms with Crippen LogP contribution in [0.5, 0.6) is 5.75 Å². The van der Waals surface area contributed by atoms with E-state index in [4.69, 9.17) is 0 Å². The molecular weight excluding hydrogens is 271 g/mol. The van der Waals surface area contributed by atoms with E-state index in [1.165, 1.54) is 18.2 Å². The molecule has 1 fully saturated rings. The van der Waals surface area contributed by atoms with Crippen LogP contribution in [0.2, 0.25) is 0 Å². The lowest BCUT2D eigenvalue weighted by atomic mass is 9.94. The lowest BCUT2D eigenvalue weighted by Crippen LogP contribution is -2.18. The van der Waals surface area contributed by atoms with Crippen molar-refractivity contribution in [2.45, 2.75) is 25.6 Å². The Morgan fingerprint density at radius 3 is 2.65 bits per heavy atom. The highest BCUT2D eigenvalue weighted by Gasteiger charge is 2.38. The van der Waals surface area contributed by atoms with Gasteiger partial charge in [-0.15, -0.1) is 13.2 Å². The number of carbonyl (C=O) groups is 1. The maximum absolute atomic E-state index is 12.2. The molecule has 0 amide bonds. The highest BCUT2D eigenvalue weighted by atomic mass is 19.4. The minimum Gasteiger partial charge on any atom is -0.406 e. The van der Waals surface area contributed by atoms with Crippen LogP contribution in [-0.4, -0.2) is 24.9 Å². The minimum absolute atomic E-state index is 0.0187. The average Bonchev–Trinajstić information content (AvgIpc) is 2.63. The predicted octanol–water partition coefficient (Wildman–Crippen LogP) is 3.35. The quantitative estimate of drug-likeness (QED) is 0.835. The third-order valence-corrected chi connectivity index (χ3v) is 3.33. The zero-order valence-corrected chi connectivity index (χ0v) is 11.1. The second kappa shape index (κ2) is 5.26. The lowest BCUT2D eigenvalue weighted by molar-refractivity contribution is -0.274. The molecule has 1 aliphatic carbocycles. The molecular formula is C14H14F3NO2. The van der Waals surface area contributed by atoms with Crippen LogP contribution >= 0.6 is 0 Å². The molecule has 0 aliphatic heterocycles. The third-order valence-electron chi connectivity index (χ3n) is 3.33. The van der Waals surface area contributed by atoms with Crippen molar-refractivity contribution in [2.75, 3.05) is 7.05 Å². The summed E-state index contributed by atoms with van der Waals surface area (Å²) in [6, 6.07) is 5.52. The van der Waals surface area contributed by atoms with Crippen LogP contribution in [0, 0.1) is 5.92 Å². The SMILES string of the molecule is CN=C1CC(C)C(=O)C1c1cccc(OC(F)(F)F)c1. The average molecular weight is 285 g/mol. The van der Waals surface area contributed by atoms with E-state index in [1.807, 2.05) is 0 Å². The van der Waals surface area contributed by atoms with Crippen molar-refractivity contribution >= 4 is 11.5 Å². The monoisotopic (exact) mass is 285 g/mol. The molecule has 2 atom stereocenters. The van der Waals surface area contributed by atoms with Crippen LogP contribution in [0.4, 0.5) is 13.2 Å². The molecule has 0 bridgehead atoms. The molecule has 0 spiro atoms. The number of Topliss-reactive ketones (excluding diaryl/α,β-unsaturated/α-hetero) is 1.